The quantitative estimate of drug-likeness (QED) is 0.910. The highest BCUT2D eigenvalue weighted by atomic mass is 32.1. The lowest BCUT2D eigenvalue weighted by Crippen LogP contribution is -1.94. The van der Waals surface area contributed by atoms with Crippen LogP contribution < -0.4 is 10.5 Å². The third kappa shape index (κ3) is 2.47. The van der Waals surface area contributed by atoms with Gasteiger partial charge in [0.15, 0.2) is 0 Å². The Bertz CT molecular complexity index is 566. The molecule has 1 aromatic heterocycles. The van der Waals surface area contributed by atoms with Crippen LogP contribution in [0, 0.1) is 11.3 Å². The van der Waals surface area contributed by atoms with E-state index in [1.807, 2.05) is 29.6 Å². The first-order valence-electron chi connectivity index (χ1n) is 5.76. The van der Waals surface area contributed by atoms with Crippen molar-refractivity contribution in [3.05, 3.63) is 35.2 Å². The number of nitrogen functional groups attached to an aromatic ring is 1. The molecule has 1 aromatic carbocycles. The fourth-order valence-electron chi connectivity index (χ4n) is 1.65. The molecule has 0 radical (unpaired) electrons. The van der Waals surface area contributed by atoms with E-state index in [9.17, 15) is 0 Å². The van der Waals surface area contributed by atoms with Crippen LogP contribution in [-0.2, 0) is 0 Å². The monoisotopic (exact) mass is 258 g/mol. The van der Waals surface area contributed by atoms with Crippen molar-refractivity contribution in [3.8, 4) is 22.9 Å². The summed E-state index contributed by atoms with van der Waals surface area (Å²) < 4.78 is 5.52. The molecule has 1 heterocycles. The van der Waals surface area contributed by atoms with Gasteiger partial charge in [0.25, 0.3) is 0 Å². The molecule has 2 aromatic rings. The van der Waals surface area contributed by atoms with Gasteiger partial charge in [-0.1, -0.05) is 19.1 Å². The average Bonchev–Trinajstić information content (AvgIpc) is 2.78. The fourth-order valence-corrected chi connectivity index (χ4v) is 2.42. The number of rotatable bonds is 4. The van der Waals surface area contributed by atoms with Gasteiger partial charge in [-0.25, -0.2) is 0 Å². The number of benzene rings is 1. The molecule has 0 spiro atoms. The maximum atomic E-state index is 9.07. The van der Waals surface area contributed by atoms with Crippen molar-refractivity contribution in [2.24, 2.45) is 0 Å². The second kappa shape index (κ2) is 5.56. The van der Waals surface area contributed by atoms with Crippen molar-refractivity contribution in [3.63, 3.8) is 0 Å². The number of anilines is 1. The first kappa shape index (κ1) is 12.5. The molecule has 3 nitrogen and oxygen atoms in total. The minimum atomic E-state index is 0.558. The Morgan fingerprint density at radius 3 is 2.67 bits per heavy atom. The minimum Gasteiger partial charge on any atom is -0.494 e. The lowest BCUT2D eigenvalue weighted by atomic mass is 10.0. The molecule has 4 heteroatoms. The van der Waals surface area contributed by atoms with Gasteiger partial charge in [0.1, 0.15) is 16.8 Å². The number of hydrogen-bond acceptors (Lipinski definition) is 4. The number of nitrogens with two attached hydrogens (primary N) is 1. The van der Waals surface area contributed by atoms with E-state index in [1.54, 1.807) is 0 Å². The molecule has 0 amide bonds. The zero-order chi connectivity index (χ0) is 13.0. The number of hydrogen-bond donors (Lipinski definition) is 1. The Balaban J connectivity index is 2.26. The van der Waals surface area contributed by atoms with Crippen molar-refractivity contribution in [2.75, 3.05) is 12.3 Å². The Morgan fingerprint density at radius 2 is 2.06 bits per heavy atom. The van der Waals surface area contributed by atoms with Gasteiger partial charge < -0.3 is 10.5 Å². The number of thiophene rings is 1. The Kier molecular flexibility index (Phi) is 3.85. The van der Waals surface area contributed by atoms with Gasteiger partial charge in [0.2, 0.25) is 0 Å². The van der Waals surface area contributed by atoms with E-state index >= 15 is 0 Å². The molecule has 0 fully saturated rings. The van der Waals surface area contributed by atoms with Crippen LogP contribution in [0.15, 0.2) is 29.6 Å². The van der Waals surface area contributed by atoms with E-state index in [1.165, 1.54) is 11.3 Å². The van der Waals surface area contributed by atoms with Crippen LogP contribution in [0.1, 0.15) is 18.9 Å². The highest BCUT2D eigenvalue weighted by molar-refractivity contribution is 7.14. The molecule has 0 saturated carbocycles. The predicted octanol–water partition coefficient (Wildman–Crippen LogP) is 3.66. The van der Waals surface area contributed by atoms with Crippen LogP contribution in [0.4, 0.5) is 5.00 Å². The molecule has 92 valence electrons. The summed E-state index contributed by atoms with van der Waals surface area (Å²) in [6.07, 6.45) is 0.987. The van der Waals surface area contributed by atoms with Gasteiger partial charge in [0, 0.05) is 10.9 Å². The zero-order valence-electron chi connectivity index (χ0n) is 10.1. The molecule has 18 heavy (non-hydrogen) atoms. The Labute approximate surface area is 110 Å². The van der Waals surface area contributed by atoms with E-state index in [0.29, 0.717) is 17.2 Å². The minimum absolute atomic E-state index is 0.558. The lowest BCUT2D eigenvalue weighted by molar-refractivity contribution is 0.317. The third-order valence-electron chi connectivity index (χ3n) is 2.57. The van der Waals surface area contributed by atoms with Crippen molar-refractivity contribution in [2.45, 2.75) is 13.3 Å². The second-order valence-electron chi connectivity index (χ2n) is 3.87. The van der Waals surface area contributed by atoms with Crippen LogP contribution in [0.5, 0.6) is 5.75 Å². The summed E-state index contributed by atoms with van der Waals surface area (Å²) in [6.45, 7) is 2.79. The summed E-state index contributed by atoms with van der Waals surface area (Å²) in [5.41, 5.74) is 8.19. The maximum absolute atomic E-state index is 9.07. The van der Waals surface area contributed by atoms with E-state index in [-0.39, 0.29) is 0 Å². The van der Waals surface area contributed by atoms with Crippen LogP contribution >= 0.6 is 11.3 Å². The van der Waals surface area contributed by atoms with Crippen LogP contribution in [-0.4, -0.2) is 6.61 Å². The molecular weight excluding hydrogens is 244 g/mol. The number of nitrogens with zero attached hydrogens (tertiary/aromatic N) is 1. The molecular formula is C14H14N2OS. The topological polar surface area (TPSA) is 59.0 Å². The molecule has 0 aliphatic heterocycles. The second-order valence-corrected chi connectivity index (χ2v) is 4.78. The summed E-state index contributed by atoms with van der Waals surface area (Å²) in [4.78, 5) is 0. The van der Waals surface area contributed by atoms with Gasteiger partial charge in [-0.05, 0) is 24.1 Å². The summed E-state index contributed by atoms with van der Waals surface area (Å²) >= 11 is 1.39. The van der Waals surface area contributed by atoms with E-state index in [0.717, 1.165) is 23.3 Å². The highest BCUT2D eigenvalue weighted by Crippen LogP contribution is 2.33. The van der Waals surface area contributed by atoms with Crippen LogP contribution in [0.2, 0.25) is 0 Å². The third-order valence-corrected chi connectivity index (χ3v) is 3.38. The van der Waals surface area contributed by atoms with Gasteiger partial charge in [0.05, 0.1) is 12.2 Å². The maximum Gasteiger partial charge on any atom is 0.119 e. The van der Waals surface area contributed by atoms with Crippen molar-refractivity contribution in [1.82, 2.24) is 0 Å². The van der Waals surface area contributed by atoms with Crippen molar-refractivity contribution in [1.29, 1.82) is 5.26 Å². The summed E-state index contributed by atoms with van der Waals surface area (Å²) in [5.74, 6) is 0.849. The Morgan fingerprint density at radius 1 is 1.33 bits per heavy atom. The molecule has 0 aliphatic carbocycles. The smallest absolute Gasteiger partial charge is 0.119 e. The van der Waals surface area contributed by atoms with Crippen molar-refractivity contribution < 1.29 is 4.74 Å². The summed E-state index contributed by atoms with van der Waals surface area (Å²) in [6, 6.07) is 9.88. The molecule has 0 bridgehead atoms. The standard InChI is InChI=1S/C14H14N2OS/c1-2-7-17-11-5-3-10(4-6-11)13-9-18-14(16)12(13)8-15/h3-6,9H,2,7,16H2,1H3. The fraction of sp³-hybridized carbons (Fsp3) is 0.214. The van der Waals surface area contributed by atoms with Crippen LogP contribution in [0.25, 0.3) is 11.1 Å². The summed E-state index contributed by atoms with van der Waals surface area (Å²) in [7, 11) is 0. The lowest BCUT2D eigenvalue weighted by Gasteiger charge is -2.05. The SMILES string of the molecule is CCCOc1ccc(-c2csc(N)c2C#N)cc1. The molecule has 0 atom stereocenters. The normalized spacial score (nSPS) is 10.0. The average molecular weight is 258 g/mol. The zero-order valence-corrected chi connectivity index (χ0v) is 11.0. The van der Waals surface area contributed by atoms with E-state index in [4.69, 9.17) is 15.7 Å². The molecule has 0 unspecified atom stereocenters. The predicted molar refractivity (Wildman–Crippen MR) is 74.7 cm³/mol. The van der Waals surface area contributed by atoms with Gasteiger partial charge >= 0.3 is 0 Å². The molecule has 0 saturated heterocycles. The first-order chi connectivity index (χ1) is 8.76. The highest BCUT2D eigenvalue weighted by Gasteiger charge is 2.10. The molecule has 0 aliphatic rings. The largest absolute Gasteiger partial charge is 0.494 e. The summed E-state index contributed by atoms with van der Waals surface area (Å²) in [5, 5.41) is 11.6. The van der Waals surface area contributed by atoms with Crippen LogP contribution in [0.3, 0.4) is 0 Å². The van der Waals surface area contributed by atoms with E-state index in [2.05, 4.69) is 13.0 Å². The van der Waals surface area contributed by atoms with Gasteiger partial charge in [-0.2, -0.15) is 5.26 Å². The molecule has 2 N–H and O–H groups in total. The number of nitriles is 1. The van der Waals surface area contributed by atoms with Gasteiger partial charge in [-0.15, -0.1) is 11.3 Å². The number of ether oxygens (including phenoxy) is 1. The van der Waals surface area contributed by atoms with Crippen molar-refractivity contribution >= 4 is 16.3 Å². The van der Waals surface area contributed by atoms with Gasteiger partial charge in [-0.3, -0.25) is 0 Å². The molecule has 2 rings (SSSR count). The Hall–Kier alpha value is -1.99. The first-order valence-corrected chi connectivity index (χ1v) is 6.64. The van der Waals surface area contributed by atoms with E-state index < -0.39 is 0 Å².